The number of methoxy groups -OCH3 is 1. The van der Waals surface area contributed by atoms with Gasteiger partial charge in [-0.2, -0.15) is 5.10 Å². The fraction of sp³-hybridized carbons (Fsp3) is 0.156. The second-order valence-corrected chi connectivity index (χ2v) is 11.2. The van der Waals surface area contributed by atoms with E-state index in [1.165, 1.54) is 25.5 Å². The Bertz CT molecular complexity index is 1630. The lowest BCUT2D eigenvalue weighted by Gasteiger charge is -2.23. The summed E-state index contributed by atoms with van der Waals surface area (Å²) in [5.41, 5.74) is 4.32. The highest BCUT2D eigenvalue weighted by molar-refractivity contribution is 7.92. The summed E-state index contributed by atoms with van der Waals surface area (Å²) in [7, 11) is -2.54. The molecule has 4 aromatic carbocycles. The van der Waals surface area contributed by atoms with Gasteiger partial charge in [-0.05, 0) is 78.7 Å². The summed E-state index contributed by atoms with van der Waals surface area (Å²) in [6.45, 7) is 1.26. The first-order valence-electron chi connectivity index (χ1n) is 13.4. The minimum Gasteiger partial charge on any atom is -0.497 e. The van der Waals surface area contributed by atoms with Gasteiger partial charge in [0.25, 0.3) is 21.8 Å². The molecule has 0 fully saturated rings. The maximum absolute atomic E-state index is 13.4. The van der Waals surface area contributed by atoms with Gasteiger partial charge < -0.3 is 14.8 Å². The summed E-state index contributed by atoms with van der Waals surface area (Å²) < 4.78 is 38.6. The number of nitrogens with zero attached hydrogens (tertiary/aromatic N) is 2. The monoisotopic (exact) mass is 600 g/mol. The van der Waals surface area contributed by atoms with E-state index >= 15 is 0 Å². The molecule has 4 rings (SSSR count). The molecular formula is C32H32N4O6S. The summed E-state index contributed by atoms with van der Waals surface area (Å²) >= 11 is 0. The standard InChI is InChI=1S/C32H32N4O6S/c1-24(26-9-5-3-6-10-26)34-32(38)23-42-29-17-13-25(14-18-29)21-33-35-31(37)22-36(27-15-19-28(41-2)20-16-27)43(39,40)30-11-7-4-8-12-30/h3-21,24H,22-23H2,1-2H3,(H,34,38)(H,35,37)/b33-21-/t24-/m1/s1. The van der Waals surface area contributed by atoms with Gasteiger partial charge in [0, 0.05) is 0 Å². The lowest BCUT2D eigenvalue weighted by atomic mass is 10.1. The number of hydrogen-bond donors (Lipinski definition) is 2. The Kier molecular flexibility index (Phi) is 10.5. The first-order valence-corrected chi connectivity index (χ1v) is 14.8. The zero-order valence-electron chi connectivity index (χ0n) is 23.7. The van der Waals surface area contributed by atoms with E-state index in [0.29, 0.717) is 22.7 Å². The van der Waals surface area contributed by atoms with Crippen LogP contribution in [0.4, 0.5) is 5.69 Å². The van der Waals surface area contributed by atoms with Gasteiger partial charge in [0.2, 0.25) is 0 Å². The highest BCUT2D eigenvalue weighted by Crippen LogP contribution is 2.25. The lowest BCUT2D eigenvalue weighted by Crippen LogP contribution is -2.39. The van der Waals surface area contributed by atoms with Crippen molar-refractivity contribution in [1.29, 1.82) is 0 Å². The molecule has 0 saturated heterocycles. The minimum absolute atomic E-state index is 0.0487. The van der Waals surface area contributed by atoms with E-state index in [1.54, 1.807) is 66.7 Å². The third-order valence-corrected chi connectivity index (χ3v) is 8.10. The maximum Gasteiger partial charge on any atom is 0.264 e. The molecule has 0 aromatic heterocycles. The first kappa shape index (κ1) is 30.8. The molecule has 0 heterocycles. The van der Waals surface area contributed by atoms with Crippen LogP contribution in [0.3, 0.4) is 0 Å². The summed E-state index contributed by atoms with van der Waals surface area (Å²) in [4.78, 5) is 25.1. The second kappa shape index (κ2) is 14.6. The van der Waals surface area contributed by atoms with Gasteiger partial charge in [-0.3, -0.25) is 13.9 Å². The van der Waals surface area contributed by atoms with Gasteiger partial charge in [0.15, 0.2) is 6.61 Å². The number of benzene rings is 4. The number of hydrazone groups is 1. The molecule has 4 aromatic rings. The Labute approximate surface area is 251 Å². The Balaban J connectivity index is 1.33. The lowest BCUT2D eigenvalue weighted by molar-refractivity contribution is -0.123. The van der Waals surface area contributed by atoms with E-state index in [-0.39, 0.29) is 23.5 Å². The van der Waals surface area contributed by atoms with Crippen molar-refractivity contribution in [3.8, 4) is 11.5 Å². The van der Waals surface area contributed by atoms with E-state index in [4.69, 9.17) is 9.47 Å². The van der Waals surface area contributed by atoms with E-state index in [1.807, 2.05) is 37.3 Å². The SMILES string of the molecule is COc1ccc(N(CC(=O)N/N=C\c2ccc(OCC(=O)N[C@H](C)c3ccccc3)cc2)S(=O)(=O)c2ccccc2)cc1. The zero-order valence-corrected chi connectivity index (χ0v) is 24.5. The molecule has 0 aliphatic heterocycles. The van der Waals surface area contributed by atoms with Crippen molar-refractivity contribution >= 4 is 33.7 Å². The Morgan fingerprint density at radius 3 is 2.07 bits per heavy atom. The van der Waals surface area contributed by atoms with Crippen molar-refractivity contribution in [3.05, 3.63) is 120 Å². The van der Waals surface area contributed by atoms with Crippen LogP contribution < -0.4 is 24.5 Å². The molecule has 43 heavy (non-hydrogen) atoms. The Hall–Kier alpha value is -5.16. The fourth-order valence-corrected chi connectivity index (χ4v) is 5.48. The van der Waals surface area contributed by atoms with Crippen LogP contribution in [0, 0.1) is 0 Å². The molecule has 222 valence electrons. The average Bonchev–Trinajstić information content (AvgIpc) is 3.04. The maximum atomic E-state index is 13.4. The minimum atomic E-state index is -4.05. The Morgan fingerprint density at radius 2 is 1.44 bits per heavy atom. The molecular weight excluding hydrogens is 568 g/mol. The quantitative estimate of drug-likeness (QED) is 0.174. The van der Waals surface area contributed by atoms with Crippen LogP contribution in [0.15, 0.2) is 119 Å². The van der Waals surface area contributed by atoms with Gasteiger partial charge in [-0.1, -0.05) is 48.5 Å². The average molecular weight is 601 g/mol. The van der Waals surface area contributed by atoms with Crippen LogP contribution in [0.25, 0.3) is 0 Å². The number of sulfonamides is 1. The molecule has 2 amide bonds. The van der Waals surface area contributed by atoms with Crippen LogP contribution in [0.5, 0.6) is 11.5 Å². The molecule has 10 nitrogen and oxygen atoms in total. The van der Waals surface area contributed by atoms with Crippen LogP contribution in [-0.4, -0.2) is 46.7 Å². The van der Waals surface area contributed by atoms with Crippen LogP contribution in [-0.2, 0) is 19.6 Å². The van der Waals surface area contributed by atoms with E-state index in [0.717, 1.165) is 9.87 Å². The number of nitrogens with one attached hydrogen (secondary N) is 2. The molecule has 2 N–H and O–H groups in total. The van der Waals surface area contributed by atoms with Gasteiger partial charge in [0.1, 0.15) is 18.0 Å². The molecule has 0 spiro atoms. The zero-order chi connectivity index (χ0) is 30.7. The largest absolute Gasteiger partial charge is 0.497 e. The smallest absolute Gasteiger partial charge is 0.264 e. The van der Waals surface area contributed by atoms with Crippen molar-refractivity contribution in [2.24, 2.45) is 5.10 Å². The highest BCUT2D eigenvalue weighted by atomic mass is 32.2. The van der Waals surface area contributed by atoms with Crippen molar-refractivity contribution < 1.29 is 27.5 Å². The predicted molar refractivity (Wildman–Crippen MR) is 165 cm³/mol. The number of carbonyl (C=O) groups is 2. The number of carbonyl (C=O) groups excluding carboxylic acids is 2. The molecule has 0 saturated carbocycles. The fourth-order valence-electron chi connectivity index (χ4n) is 4.04. The summed E-state index contributed by atoms with van der Waals surface area (Å²) in [6, 6.07) is 30.5. The van der Waals surface area contributed by atoms with Gasteiger partial charge in [0.05, 0.1) is 29.9 Å². The number of hydrogen-bond acceptors (Lipinski definition) is 7. The molecule has 11 heteroatoms. The van der Waals surface area contributed by atoms with Gasteiger partial charge in [-0.15, -0.1) is 0 Å². The normalized spacial score (nSPS) is 11.9. The summed E-state index contributed by atoms with van der Waals surface area (Å²) in [5, 5.41) is 6.86. The number of anilines is 1. The topological polar surface area (TPSA) is 126 Å². The molecule has 0 aliphatic carbocycles. The third kappa shape index (κ3) is 8.66. The van der Waals surface area contributed by atoms with E-state index in [9.17, 15) is 18.0 Å². The second-order valence-electron chi connectivity index (χ2n) is 9.37. The number of rotatable bonds is 13. The molecule has 1 atom stereocenters. The molecule has 0 bridgehead atoms. The first-order chi connectivity index (χ1) is 20.8. The van der Waals surface area contributed by atoms with Crippen molar-refractivity contribution in [2.75, 3.05) is 24.6 Å². The summed E-state index contributed by atoms with van der Waals surface area (Å²) in [5.74, 6) is 0.155. The third-order valence-electron chi connectivity index (χ3n) is 6.31. The van der Waals surface area contributed by atoms with Crippen LogP contribution in [0.2, 0.25) is 0 Å². The van der Waals surface area contributed by atoms with E-state index < -0.39 is 22.5 Å². The van der Waals surface area contributed by atoms with Crippen molar-refractivity contribution in [3.63, 3.8) is 0 Å². The predicted octanol–water partition coefficient (Wildman–Crippen LogP) is 4.30. The molecule has 0 unspecified atom stereocenters. The Morgan fingerprint density at radius 1 is 0.837 bits per heavy atom. The molecule has 0 aliphatic rings. The summed E-state index contributed by atoms with van der Waals surface area (Å²) in [6.07, 6.45) is 1.42. The van der Waals surface area contributed by atoms with Crippen LogP contribution >= 0.6 is 0 Å². The van der Waals surface area contributed by atoms with Crippen molar-refractivity contribution in [1.82, 2.24) is 10.7 Å². The number of ether oxygens (including phenoxy) is 2. The van der Waals surface area contributed by atoms with Crippen LogP contribution in [0.1, 0.15) is 24.1 Å². The molecule has 0 radical (unpaired) electrons. The highest BCUT2D eigenvalue weighted by Gasteiger charge is 2.27. The number of amides is 2. The van der Waals surface area contributed by atoms with Crippen molar-refractivity contribution in [2.45, 2.75) is 17.9 Å². The van der Waals surface area contributed by atoms with Gasteiger partial charge in [-0.25, -0.2) is 13.8 Å². The van der Waals surface area contributed by atoms with Gasteiger partial charge >= 0.3 is 0 Å². The van der Waals surface area contributed by atoms with E-state index in [2.05, 4.69) is 15.8 Å².